The fraction of sp³-hybridized carbons (Fsp3) is 0.727. The summed E-state index contributed by atoms with van der Waals surface area (Å²) in [5.74, 6) is 0. The van der Waals surface area contributed by atoms with Crippen LogP contribution in [0, 0.1) is 0 Å². The van der Waals surface area contributed by atoms with Crippen LogP contribution in [0.1, 0.15) is 26.2 Å². The van der Waals surface area contributed by atoms with Crippen molar-refractivity contribution in [3.63, 3.8) is 0 Å². The fourth-order valence-corrected chi connectivity index (χ4v) is 2.33. The molecule has 1 aliphatic carbocycles. The zero-order chi connectivity index (χ0) is 10.7. The molecule has 0 bridgehead atoms. The highest BCUT2D eigenvalue weighted by Gasteiger charge is 2.22. The minimum Gasteiger partial charge on any atom is -0.336 e. The Morgan fingerprint density at radius 3 is 3.07 bits per heavy atom. The van der Waals surface area contributed by atoms with Gasteiger partial charge < -0.3 is 15.6 Å². The van der Waals surface area contributed by atoms with Crippen molar-refractivity contribution in [2.45, 2.75) is 50.9 Å². The maximum atomic E-state index is 5.88. The van der Waals surface area contributed by atoms with E-state index in [1.165, 1.54) is 6.42 Å². The summed E-state index contributed by atoms with van der Waals surface area (Å²) in [6, 6.07) is 1.50. The molecule has 0 saturated heterocycles. The van der Waals surface area contributed by atoms with Crippen LogP contribution in [0.4, 0.5) is 0 Å². The lowest BCUT2D eigenvalue weighted by molar-refractivity contribution is 0.408. The van der Waals surface area contributed by atoms with Crippen molar-refractivity contribution in [3.05, 3.63) is 18.7 Å². The van der Waals surface area contributed by atoms with Gasteiger partial charge in [-0.15, -0.1) is 0 Å². The van der Waals surface area contributed by atoms with Gasteiger partial charge in [0.05, 0.1) is 6.33 Å². The van der Waals surface area contributed by atoms with Gasteiger partial charge in [0.2, 0.25) is 0 Å². The van der Waals surface area contributed by atoms with E-state index in [0.29, 0.717) is 18.1 Å². The van der Waals surface area contributed by atoms with Gasteiger partial charge in [0.1, 0.15) is 0 Å². The van der Waals surface area contributed by atoms with Gasteiger partial charge in [-0.1, -0.05) is 0 Å². The van der Waals surface area contributed by atoms with E-state index >= 15 is 0 Å². The Kier molecular flexibility index (Phi) is 3.38. The molecule has 0 aromatic carbocycles. The van der Waals surface area contributed by atoms with Gasteiger partial charge in [0.25, 0.3) is 0 Å². The number of nitrogens with one attached hydrogen (secondary N) is 1. The van der Waals surface area contributed by atoms with Crippen molar-refractivity contribution in [1.29, 1.82) is 0 Å². The van der Waals surface area contributed by atoms with Gasteiger partial charge in [0, 0.05) is 37.1 Å². The molecule has 15 heavy (non-hydrogen) atoms. The average molecular weight is 208 g/mol. The van der Waals surface area contributed by atoms with E-state index in [2.05, 4.69) is 21.8 Å². The Morgan fingerprint density at radius 2 is 2.47 bits per heavy atom. The molecule has 3 unspecified atom stereocenters. The number of nitrogens with zero attached hydrogens (tertiary/aromatic N) is 2. The van der Waals surface area contributed by atoms with Crippen LogP contribution in [0.15, 0.2) is 18.7 Å². The van der Waals surface area contributed by atoms with Crippen LogP contribution in [0.5, 0.6) is 0 Å². The summed E-state index contributed by atoms with van der Waals surface area (Å²) in [6.45, 7) is 3.19. The smallest absolute Gasteiger partial charge is 0.0946 e. The molecular weight excluding hydrogens is 188 g/mol. The predicted molar refractivity (Wildman–Crippen MR) is 60.4 cm³/mol. The van der Waals surface area contributed by atoms with Gasteiger partial charge in [-0.25, -0.2) is 4.98 Å². The first-order chi connectivity index (χ1) is 7.24. The maximum Gasteiger partial charge on any atom is 0.0946 e. The topological polar surface area (TPSA) is 55.9 Å². The van der Waals surface area contributed by atoms with Crippen LogP contribution < -0.4 is 11.1 Å². The third-order valence-electron chi connectivity index (χ3n) is 3.04. The molecule has 1 aromatic rings. The van der Waals surface area contributed by atoms with Gasteiger partial charge in [0.15, 0.2) is 0 Å². The molecule has 1 heterocycles. The fourth-order valence-electron chi connectivity index (χ4n) is 2.33. The van der Waals surface area contributed by atoms with Crippen molar-refractivity contribution in [2.24, 2.45) is 5.73 Å². The summed E-state index contributed by atoms with van der Waals surface area (Å²) in [5, 5.41) is 3.62. The molecule has 0 aliphatic heterocycles. The first-order valence-electron chi connectivity index (χ1n) is 5.71. The van der Waals surface area contributed by atoms with E-state index in [1.807, 2.05) is 18.7 Å². The number of nitrogens with two attached hydrogens (primary N) is 1. The Bertz CT molecular complexity index is 283. The van der Waals surface area contributed by atoms with Crippen LogP contribution in [-0.4, -0.2) is 27.7 Å². The minimum absolute atomic E-state index is 0.406. The van der Waals surface area contributed by atoms with Crippen molar-refractivity contribution >= 4 is 0 Å². The Hall–Kier alpha value is -0.870. The summed E-state index contributed by atoms with van der Waals surface area (Å²) in [6.07, 6.45) is 9.18. The Balaban J connectivity index is 1.75. The molecule has 0 spiro atoms. The maximum absolute atomic E-state index is 5.88. The number of hydrogen-bond acceptors (Lipinski definition) is 3. The summed E-state index contributed by atoms with van der Waals surface area (Å²) >= 11 is 0. The van der Waals surface area contributed by atoms with Crippen LogP contribution in [0.3, 0.4) is 0 Å². The van der Waals surface area contributed by atoms with E-state index < -0.39 is 0 Å². The number of imidazole rings is 1. The van der Waals surface area contributed by atoms with Crippen molar-refractivity contribution in [3.8, 4) is 0 Å². The molecule has 1 aliphatic rings. The summed E-state index contributed by atoms with van der Waals surface area (Å²) < 4.78 is 2.10. The molecule has 1 aromatic heterocycles. The van der Waals surface area contributed by atoms with Gasteiger partial charge in [-0.05, 0) is 26.2 Å². The zero-order valence-electron chi connectivity index (χ0n) is 9.26. The van der Waals surface area contributed by atoms with Crippen LogP contribution in [-0.2, 0) is 6.54 Å². The lowest BCUT2D eigenvalue weighted by Gasteiger charge is -2.19. The van der Waals surface area contributed by atoms with E-state index in [0.717, 1.165) is 19.4 Å². The number of aromatic nitrogens is 2. The highest BCUT2D eigenvalue weighted by Crippen LogP contribution is 2.17. The second-order valence-electron chi connectivity index (χ2n) is 4.60. The first kappa shape index (κ1) is 10.6. The molecule has 3 N–H and O–H groups in total. The normalized spacial score (nSPS) is 28.1. The number of rotatable bonds is 4. The Labute approximate surface area is 90.9 Å². The largest absolute Gasteiger partial charge is 0.336 e. The molecule has 1 saturated carbocycles. The highest BCUT2D eigenvalue weighted by molar-refractivity contribution is 4.85. The van der Waals surface area contributed by atoms with E-state index in [1.54, 1.807) is 0 Å². The van der Waals surface area contributed by atoms with E-state index in [4.69, 9.17) is 5.73 Å². The Morgan fingerprint density at radius 1 is 1.60 bits per heavy atom. The molecule has 0 radical (unpaired) electrons. The molecule has 3 atom stereocenters. The van der Waals surface area contributed by atoms with Crippen LogP contribution in [0.25, 0.3) is 0 Å². The van der Waals surface area contributed by atoms with Crippen LogP contribution >= 0.6 is 0 Å². The number of hydrogen-bond donors (Lipinski definition) is 2. The lowest BCUT2D eigenvalue weighted by atomic mass is 10.2. The third kappa shape index (κ3) is 3.04. The molecule has 2 rings (SSSR count). The van der Waals surface area contributed by atoms with Gasteiger partial charge in [-0.2, -0.15) is 0 Å². The molecule has 1 fully saturated rings. The van der Waals surface area contributed by atoms with Crippen molar-refractivity contribution in [2.75, 3.05) is 0 Å². The summed E-state index contributed by atoms with van der Waals surface area (Å²) in [5.41, 5.74) is 5.88. The van der Waals surface area contributed by atoms with Crippen LogP contribution in [0.2, 0.25) is 0 Å². The molecule has 84 valence electrons. The molecule has 4 nitrogen and oxygen atoms in total. The molecular formula is C11H20N4. The first-order valence-corrected chi connectivity index (χ1v) is 5.71. The quantitative estimate of drug-likeness (QED) is 0.767. The van der Waals surface area contributed by atoms with Crippen molar-refractivity contribution < 1.29 is 0 Å². The zero-order valence-corrected chi connectivity index (χ0v) is 9.26. The molecule has 4 heteroatoms. The van der Waals surface area contributed by atoms with Gasteiger partial charge >= 0.3 is 0 Å². The SMILES string of the molecule is CC(Cn1ccnc1)NC1CCC(N)C1. The summed E-state index contributed by atoms with van der Waals surface area (Å²) in [7, 11) is 0. The third-order valence-corrected chi connectivity index (χ3v) is 3.04. The van der Waals surface area contributed by atoms with E-state index in [-0.39, 0.29) is 0 Å². The second kappa shape index (κ2) is 4.77. The average Bonchev–Trinajstić information content (AvgIpc) is 2.77. The lowest BCUT2D eigenvalue weighted by Crippen LogP contribution is -2.38. The van der Waals surface area contributed by atoms with E-state index in [9.17, 15) is 0 Å². The molecule has 0 amide bonds. The predicted octanol–water partition coefficient (Wildman–Crippen LogP) is 0.741. The summed E-state index contributed by atoms with van der Waals surface area (Å²) in [4.78, 5) is 4.03. The monoisotopic (exact) mass is 208 g/mol. The minimum atomic E-state index is 0.406. The second-order valence-corrected chi connectivity index (χ2v) is 4.60. The van der Waals surface area contributed by atoms with Gasteiger partial charge in [-0.3, -0.25) is 0 Å². The highest BCUT2D eigenvalue weighted by atomic mass is 15.1. The standard InChI is InChI=1S/C11H20N4/c1-9(7-15-5-4-13-8-15)14-11-3-2-10(12)6-11/h4-5,8-11,14H,2-3,6-7,12H2,1H3. The van der Waals surface area contributed by atoms with Crippen molar-refractivity contribution in [1.82, 2.24) is 14.9 Å².